The Morgan fingerprint density at radius 2 is 1.97 bits per heavy atom. The zero-order valence-corrected chi connectivity index (χ0v) is 17.7. The van der Waals surface area contributed by atoms with Crippen molar-refractivity contribution in [3.63, 3.8) is 0 Å². The second kappa shape index (κ2) is 8.76. The third kappa shape index (κ3) is 5.65. The fraction of sp³-hybridized carbons (Fsp3) is 0.545. The number of alkyl carbamates (subject to hydrolysis) is 1. The van der Waals surface area contributed by atoms with Gasteiger partial charge in [0.25, 0.3) is 0 Å². The Labute approximate surface area is 171 Å². The van der Waals surface area contributed by atoms with E-state index in [-0.39, 0.29) is 12.1 Å². The number of nitrogens with one attached hydrogen (secondary N) is 1. The maximum Gasteiger partial charge on any atom is 0.410 e. The highest BCUT2D eigenvalue weighted by Gasteiger charge is 2.35. The van der Waals surface area contributed by atoms with Gasteiger partial charge < -0.3 is 24.3 Å². The first kappa shape index (κ1) is 21.0. The third-order valence-corrected chi connectivity index (χ3v) is 4.86. The number of para-hydroxylation sites is 1. The highest BCUT2D eigenvalue weighted by Crippen LogP contribution is 2.32. The van der Waals surface area contributed by atoms with Crippen LogP contribution in [0.3, 0.4) is 0 Å². The van der Waals surface area contributed by atoms with Gasteiger partial charge in [0.2, 0.25) is 0 Å². The van der Waals surface area contributed by atoms with Gasteiger partial charge in [-0.25, -0.2) is 9.59 Å². The van der Waals surface area contributed by atoms with Crippen LogP contribution in [0.1, 0.15) is 45.6 Å². The summed E-state index contributed by atoms with van der Waals surface area (Å²) in [7, 11) is 1.36. The first-order valence-corrected chi connectivity index (χ1v) is 10.2. The van der Waals surface area contributed by atoms with Crippen molar-refractivity contribution in [2.75, 3.05) is 13.7 Å². The van der Waals surface area contributed by atoms with Crippen LogP contribution >= 0.6 is 0 Å². The van der Waals surface area contributed by atoms with Gasteiger partial charge in [-0.3, -0.25) is 0 Å². The number of hydrogen-bond donors (Lipinski definition) is 1. The van der Waals surface area contributed by atoms with E-state index in [4.69, 9.17) is 4.74 Å². The molecule has 1 heterocycles. The Balaban J connectivity index is 1.74. The average molecular weight is 402 g/mol. The molecule has 2 aromatic rings. The summed E-state index contributed by atoms with van der Waals surface area (Å²) < 4.78 is 12.4. The summed E-state index contributed by atoms with van der Waals surface area (Å²) in [6.07, 6.45) is 4.28. The summed E-state index contributed by atoms with van der Waals surface area (Å²) in [5, 5.41) is 3.85. The Morgan fingerprint density at radius 3 is 2.62 bits per heavy atom. The van der Waals surface area contributed by atoms with Crippen molar-refractivity contribution in [1.29, 1.82) is 0 Å². The first-order chi connectivity index (χ1) is 13.8. The van der Waals surface area contributed by atoms with Crippen LogP contribution in [0, 0.1) is 0 Å². The Kier molecular flexibility index (Phi) is 6.35. The predicted octanol–water partition coefficient (Wildman–Crippen LogP) is 4.29. The maximum atomic E-state index is 12.7. The number of hydrogen-bond acceptors (Lipinski definition) is 4. The Morgan fingerprint density at radius 1 is 1.24 bits per heavy atom. The maximum absolute atomic E-state index is 12.7. The molecule has 1 aliphatic carbocycles. The number of benzene rings is 1. The molecule has 2 amide bonds. The van der Waals surface area contributed by atoms with Crippen molar-refractivity contribution >= 4 is 23.1 Å². The minimum atomic E-state index is -0.509. The molecule has 1 N–H and O–H groups in total. The van der Waals surface area contributed by atoms with Crippen molar-refractivity contribution in [3.8, 4) is 0 Å². The number of methoxy groups -OCH3 is 1. The molecule has 158 valence electrons. The van der Waals surface area contributed by atoms with Crippen molar-refractivity contribution < 1.29 is 19.1 Å². The monoisotopic (exact) mass is 401 g/mol. The molecule has 29 heavy (non-hydrogen) atoms. The number of fused-ring (bicyclic) bond motifs is 1. The quantitative estimate of drug-likeness (QED) is 0.703. The standard InChI is InChI=1S/C22H31N3O4/c1-22(2,3)29-21(27)25(17-10-11-17)15-16-14-24(13-7-12-23-20(26)28-4)19-9-6-5-8-18(16)19/h5-6,8-9,14,17H,7,10-13,15H2,1-4H3,(H,23,26). The molecular weight excluding hydrogens is 370 g/mol. The average Bonchev–Trinajstić information content (AvgIpc) is 3.44. The van der Waals surface area contributed by atoms with Crippen LogP contribution in [0.15, 0.2) is 30.5 Å². The van der Waals surface area contributed by atoms with E-state index in [9.17, 15) is 9.59 Å². The Bertz CT molecular complexity index is 865. The summed E-state index contributed by atoms with van der Waals surface area (Å²) in [6.45, 7) is 7.52. The molecule has 0 aliphatic heterocycles. The van der Waals surface area contributed by atoms with Crippen molar-refractivity contribution in [2.24, 2.45) is 0 Å². The number of amides is 2. The molecule has 7 nitrogen and oxygen atoms in total. The fourth-order valence-corrected chi connectivity index (χ4v) is 3.38. The first-order valence-electron chi connectivity index (χ1n) is 10.2. The van der Waals surface area contributed by atoms with E-state index < -0.39 is 11.7 Å². The predicted molar refractivity (Wildman–Crippen MR) is 112 cm³/mol. The van der Waals surface area contributed by atoms with Crippen LogP contribution in [0.4, 0.5) is 9.59 Å². The molecule has 3 rings (SSSR count). The van der Waals surface area contributed by atoms with E-state index in [1.54, 1.807) is 0 Å². The molecule has 1 aliphatic rings. The molecule has 1 aromatic heterocycles. The van der Waals surface area contributed by atoms with Crippen LogP contribution in [0.5, 0.6) is 0 Å². The van der Waals surface area contributed by atoms with E-state index in [1.165, 1.54) is 7.11 Å². The van der Waals surface area contributed by atoms with E-state index in [2.05, 4.69) is 33.0 Å². The fourth-order valence-electron chi connectivity index (χ4n) is 3.38. The van der Waals surface area contributed by atoms with Crippen LogP contribution in [0.2, 0.25) is 0 Å². The lowest BCUT2D eigenvalue weighted by molar-refractivity contribution is 0.0217. The van der Waals surface area contributed by atoms with Crippen LogP contribution in [-0.2, 0) is 22.6 Å². The van der Waals surface area contributed by atoms with E-state index in [1.807, 2.05) is 37.8 Å². The topological polar surface area (TPSA) is 72.8 Å². The number of ether oxygens (including phenoxy) is 2. The van der Waals surface area contributed by atoms with Gasteiger partial charge in [-0.15, -0.1) is 0 Å². The molecule has 1 aromatic carbocycles. The Hall–Kier alpha value is -2.70. The van der Waals surface area contributed by atoms with Crippen molar-refractivity contribution in [3.05, 3.63) is 36.0 Å². The number of carbonyl (C=O) groups is 2. The molecule has 0 bridgehead atoms. The van der Waals surface area contributed by atoms with Crippen LogP contribution in [-0.4, -0.2) is 47.0 Å². The van der Waals surface area contributed by atoms with Gasteiger partial charge in [-0.2, -0.15) is 0 Å². The van der Waals surface area contributed by atoms with Gasteiger partial charge in [0.1, 0.15) is 5.60 Å². The SMILES string of the molecule is COC(=O)NCCCn1cc(CN(C(=O)OC(C)(C)C)C2CC2)c2ccccc21. The lowest BCUT2D eigenvalue weighted by Gasteiger charge is -2.27. The van der Waals surface area contributed by atoms with Crippen molar-refractivity contribution in [1.82, 2.24) is 14.8 Å². The number of aromatic nitrogens is 1. The lowest BCUT2D eigenvalue weighted by Crippen LogP contribution is -2.37. The summed E-state index contributed by atoms with van der Waals surface area (Å²) in [6, 6.07) is 8.47. The molecule has 0 unspecified atom stereocenters. The molecule has 0 radical (unpaired) electrons. The number of aryl methyl sites for hydroxylation is 1. The van der Waals surface area contributed by atoms with Gasteiger partial charge in [0, 0.05) is 36.2 Å². The second-order valence-corrected chi connectivity index (χ2v) is 8.48. The number of nitrogens with zero attached hydrogens (tertiary/aromatic N) is 2. The molecular formula is C22H31N3O4. The third-order valence-electron chi connectivity index (χ3n) is 4.86. The molecule has 1 saturated carbocycles. The van der Waals surface area contributed by atoms with Gasteiger partial charge in [0.15, 0.2) is 0 Å². The van der Waals surface area contributed by atoms with Gasteiger partial charge in [0.05, 0.1) is 13.7 Å². The highest BCUT2D eigenvalue weighted by atomic mass is 16.6. The van der Waals surface area contributed by atoms with Gasteiger partial charge in [-0.05, 0) is 51.7 Å². The zero-order valence-electron chi connectivity index (χ0n) is 17.7. The summed E-state index contributed by atoms with van der Waals surface area (Å²) in [5.41, 5.74) is 1.73. The molecule has 0 spiro atoms. The number of rotatable bonds is 7. The van der Waals surface area contributed by atoms with Crippen LogP contribution in [0.25, 0.3) is 10.9 Å². The van der Waals surface area contributed by atoms with E-state index in [0.717, 1.165) is 42.3 Å². The normalized spacial score (nSPS) is 13.9. The minimum Gasteiger partial charge on any atom is -0.453 e. The van der Waals surface area contributed by atoms with E-state index >= 15 is 0 Å². The highest BCUT2D eigenvalue weighted by molar-refractivity contribution is 5.84. The molecule has 7 heteroatoms. The molecule has 0 atom stereocenters. The minimum absolute atomic E-state index is 0.251. The molecule has 1 fully saturated rings. The largest absolute Gasteiger partial charge is 0.453 e. The van der Waals surface area contributed by atoms with E-state index in [0.29, 0.717) is 13.1 Å². The van der Waals surface area contributed by atoms with Crippen LogP contribution < -0.4 is 5.32 Å². The summed E-state index contributed by atoms with van der Waals surface area (Å²) in [4.78, 5) is 25.8. The smallest absolute Gasteiger partial charge is 0.410 e. The van der Waals surface area contributed by atoms with Gasteiger partial charge in [-0.1, -0.05) is 18.2 Å². The van der Waals surface area contributed by atoms with Crippen molar-refractivity contribution in [2.45, 2.75) is 64.8 Å². The molecule has 0 saturated heterocycles. The lowest BCUT2D eigenvalue weighted by atomic mass is 10.1. The summed E-state index contributed by atoms with van der Waals surface area (Å²) >= 11 is 0. The number of carbonyl (C=O) groups excluding carboxylic acids is 2. The zero-order chi connectivity index (χ0) is 21.0. The summed E-state index contributed by atoms with van der Waals surface area (Å²) in [5.74, 6) is 0. The second-order valence-electron chi connectivity index (χ2n) is 8.48. The van der Waals surface area contributed by atoms with Gasteiger partial charge >= 0.3 is 12.2 Å².